The third-order valence-corrected chi connectivity index (χ3v) is 7.20. The number of nitro benzene ring substituents is 1. The van der Waals surface area contributed by atoms with Crippen LogP contribution < -0.4 is 5.32 Å². The summed E-state index contributed by atoms with van der Waals surface area (Å²) in [5.41, 5.74) is 1.41. The van der Waals surface area contributed by atoms with Gasteiger partial charge < -0.3 is 4.90 Å². The first-order valence-electron chi connectivity index (χ1n) is 12.1. The van der Waals surface area contributed by atoms with E-state index in [1.54, 1.807) is 12.1 Å². The predicted octanol–water partition coefficient (Wildman–Crippen LogP) is 3.66. The van der Waals surface area contributed by atoms with Gasteiger partial charge in [0, 0.05) is 26.1 Å². The topological polar surface area (TPSA) is 113 Å². The maximum atomic E-state index is 13.0. The van der Waals surface area contributed by atoms with E-state index < -0.39 is 40.4 Å². The van der Waals surface area contributed by atoms with Crippen molar-refractivity contribution in [2.45, 2.75) is 44.6 Å². The van der Waals surface area contributed by atoms with E-state index in [1.165, 1.54) is 17.0 Å². The molecule has 0 radical (unpaired) electrons. The average Bonchev–Trinajstić information content (AvgIpc) is 3.19. The van der Waals surface area contributed by atoms with Gasteiger partial charge in [-0.25, -0.2) is 0 Å². The smallest absolute Gasteiger partial charge is 0.322 e. The number of fused-ring (bicyclic) bond motifs is 1. The summed E-state index contributed by atoms with van der Waals surface area (Å²) in [6.07, 6.45) is -1.82. The molecule has 0 spiro atoms. The number of carbonyl (C=O) groups excluding carboxylic acids is 3. The lowest BCUT2D eigenvalue weighted by molar-refractivity contribution is -0.385. The standard InChI is InChI=1S/C26H23F3N4O5/c27-26(28,29)17-3-1-15(2-4-17)13-31-11-9-16(10-12-31)18-5-6-19-20(23(18)33(37)38)14-32(25(19)36)21-7-8-22(34)30-24(21)35/h1-6,9,21H,7-8,10-14H2,(H,30,34,35). The fraction of sp³-hybridized carbons (Fsp3) is 0.346. The fourth-order valence-electron chi connectivity index (χ4n) is 5.25. The van der Waals surface area contributed by atoms with Crippen LogP contribution in [0.2, 0.25) is 0 Å². The molecule has 3 aliphatic rings. The number of piperidine rings is 1. The maximum Gasteiger partial charge on any atom is 0.416 e. The van der Waals surface area contributed by atoms with Crippen LogP contribution in [-0.4, -0.2) is 51.6 Å². The second kappa shape index (κ2) is 9.67. The van der Waals surface area contributed by atoms with Gasteiger partial charge in [-0.05, 0) is 48.2 Å². The summed E-state index contributed by atoms with van der Waals surface area (Å²) in [5.74, 6) is -1.49. The molecule has 2 aromatic carbocycles. The zero-order chi connectivity index (χ0) is 27.2. The molecule has 3 amide bonds. The molecule has 198 valence electrons. The van der Waals surface area contributed by atoms with Gasteiger partial charge in [-0.1, -0.05) is 18.2 Å². The largest absolute Gasteiger partial charge is 0.416 e. The Morgan fingerprint density at radius 1 is 1.03 bits per heavy atom. The molecule has 0 aromatic heterocycles. The normalized spacial score (nSPS) is 20.3. The lowest BCUT2D eigenvalue weighted by atomic mass is 9.93. The first-order valence-corrected chi connectivity index (χ1v) is 12.1. The lowest BCUT2D eigenvalue weighted by Gasteiger charge is -2.29. The lowest BCUT2D eigenvalue weighted by Crippen LogP contribution is -2.52. The predicted molar refractivity (Wildman–Crippen MR) is 128 cm³/mol. The van der Waals surface area contributed by atoms with Crippen LogP contribution in [0.3, 0.4) is 0 Å². The van der Waals surface area contributed by atoms with Gasteiger partial charge in [-0.3, -0.25) is 34.7 Å². The molecule has 1 atom stereocenters. The Morgan fingerprint density at radius 3 is 2.34 bits per heavy atom. The second-order valence-electron chi connectivity index (χ2n) is 9.55. The quantitative estimate of drug-likeness (QED) is 0.360. The summed E-state index contributed by atoms with van der Waals surface area (Å²) in [7, 11) is 0. The van der Waals surface area contributed by atoms with Crippen LogP contribution in [0.1, 0.15) is 51.9 Å². The highest BCUT2D eigenvalue weighted by atomic mass is 19.4. The summed E-state index contributed by atoms with van der Waals surface area (Å²) in [6.45, 7) is 1.33. The van der Waals surface area contributed by atoms with E-state index in [4.69, 9.17) is 0 Å². The van der Waals surface area contributed by atoms with Crippen molar-refractivity contribution in [2.75, 3.05) is 13.1 Å². The van der Waals surface area contributed by atoms with Gasteiger partial charge in [0.05, 0.1) is 33.7 Å². The summed E-state index contributed by atoms with van der Waals surface area (Å²) in [4.78, 5) is 51.8. The van der Waals surface area contributed by atoms with Gasteiger partial charge in [-0.2, -0.15) is 13.2 Å². The van der Waals surface area contributed by atoms with Gasteiger partial charge in [0.2, 0.25) is 11.8 Å². The molecule has 0 aliphatic carbocycles. The Kier molecular flexibility index (Phi) is 6.51. The Bertz CT molecular complexity index is 1370. The summed E-state index contributed by atoms with van der Waals surface area (Å²) < 4.78 is 38.4. The minimum atomic E-state index is -4.39. The molecule has 38 heavy (non-hydrogen) atoms. The fourth-order valence-corrected chi connectivity index (χ4v) is 5.25. The van der Waals surface area contributed by atoms with Crippen LogP contribution in [0, 0.1) is 10.1 Å². The van der Waals surface area contributed by atoms with Gasteiger partial charge in [-0.15, -0.1) is 0 Å². The molecule has 2 aromatic rings. The highest BCUT2D eigenvalue weighted by Gasteiger charge is 2.42. The number of halogens is 3. The number of imide groups is 1. The first kappa shape index (κ1) is 25.6. The molecule has 3 aliphatic heterocycles. The molecule has 0 saturated carbocycles. The van der Waals surface area contributed by atoms with Crippen molar-refractivity contribution in [3.8, 4) is 0 Å². The van der Waals surface area contributed by atoms with E-state index in [0.29, 0.717) is 31.6 Å². The van der Waals surface area contributed by atoms with Gasteiger partial charge in [0.25, 0.3) is 11.6 Å². The van der Waals surface area contributed by atoms with Crippen molar-refractivity contribution in [1.82, 2.24) is 15.1 Å². The van der Waals surface area contributed by atoms with Gasteiger partial charge >= 0.3 is 6.18 Å². The van der Waals surface area contributed by atoms with Crippen molar-refractivity contribution in [3.05, 3.63) is 80.4 Å². The molecule has 5 rings (SSSR count). The number of alkyl halides is 3. The molecular formula is C26H23F3N4O5. The Labute approximate surface area is 215 Å². The molecule has 12 heteroatoms. The van der Waals surface area contributed by atoms with E-state index in [2.05, 4.69) is 5.32 Å². The van der Waals surface area contributed by atoms with E-state index in [1.807, 2.05) is 11.0 Å². The van der Waals surface area contributed by atoms with Crippen molar-refractivity contribution < 1.29 is 32.5 Å². The molecular weight excluding hydrogens is 505 g/mol. The van der Waals surface area contributed by atoms with Crippen LogP contribution in [0.15, 0.2) is 42.5 Å². The highest BCUT2D eigenvalue weighted by molar-refractivity contribution is 6.06. The van der Waals surface area contributed by atoms with E-state index in [9.17, 15) is 37.7 Å². The SMILES string of the molecule is O=C1CCC(N2Cc3c(ccc(C4=CCN(Cc5ccc(C(F)(F)F)cc5)CC4)c3[N+](=O)[O-])C2=O)C(=O)N1. The van der Waals surface area contributed by atoms with Crippen LogP contribution in [0.4, 0.5) is 18.9 Å². The van der Waals surface area contributed by atoms with Gasteiger partial charge in [0.1, 0.15) is 6.04 Å². The summed E-state index contributed by atoms with van der Waals surface area (Å²) in [6, 6.07) is 7.21. The third-order valence-electron chi connectivity index (χ3n) is 7.20. The van der Waals surface area contributed by atoms with E-state index in [0.717, 1.165) is 23.3 Å². The monoisotopic (exact) mass is 528 g/mol. The zero-order valence-electron chi connectivity index (χ0n) is 20.1. The molecule has 1 fully saturated rings. The maximum absolute atomic E-state index is 13.0. The number of benzene rings is 2. The van der Waals surface area contributed by atoms with Crippen LogP contribution >= 0.6 is 0 Å². The first-order chi connectivity index (χ1) is 18.0. The molecule has 1 N–H and O–H groups in total. The number of amides is 3. The molecule has 1 unspecified atom stereocenters. The average molecular weight is 528 g/mol. The number of nitrogens with one attached hydrogen (secondary N) is 1. The minimum Gasteiger partial charge on any atom is -0.322 e. The van der Waals surface area contributed by atoms with E-state index in [-0.39, 0.29) is 36.2 Å². The molecule has 1 saturated heterocycles. The third kappa shape index (κ3) is 4.78. The van der Waals surface area contributed by atoms with Crippen LogP contribution in [0.25, 0.3) is 5.57 Å². The van der Waals surface area contributed by atoms with Crippen molar-refractivity contribution in [3.63, 3.8) is 0 Å². The van der Waals surface area contributed by atoms with Crippen molar-refractivity contribution in [1.29, 1.82) is 0 Å². The van der Waals surface area contributed by atoms with Crippen molar-refractivity contribution in [2.24, 2.45) is 0 Å². The Hall–Kier alpha value is -4.06. The van der Waals surface area contributed by atoms with Crippen LogP contribution in [-0.2, 0) is 28.9 Å². The van der Waals surface area contributed by atoms with Crippen LogP contribution in [0.5, 0.6) is 0 Å². The summed E-state index contributed by atoms with van der Waals surface area (Å²) >= 11 is 0. The van der Waals surface area contributed by atoms with Gasteiger partial charge in [0.15, 0.2) is 0 Å². The Morgan fingerprint density at radius 2 is 1.74 bits per heavy atom. The molecule has 3 heterocycles. The number of hydrogen-bond donors (Lipinski definition) is 1. The molecule has 9 nitrogen and oxygen atoms in total. The van der Waals surface area contributed by atoms with E-state index >= 15 is 0 Å². The number of nitro groups is 1. The number of hydrogen-bond acceptors (Lipinski definition) is 6. The summed E-state index contributed by atoms with van der Waals surface area (Å²) in [5, 5.41) is 14.4. The number of nitrogens with zero attached hydrogens (tertiary/aromatic N) is 3. The minimum absolute atomic E-state index is 0.0831. The highest BCUT2D eigenvalue weighted by Crippen LogP contribution is 2.40. The Balaban J connectivity index is 1.34. The number of carbonyl (C=O) groups is 3. The molecule has 0 bridgehead atoms. The number of rotatable bonds is 5. The second-order valence-corrected chi connectivity index (χ2v) is 9.55. The van der Waals surface area contributed by atoms with Crippen molar-refractivity contribution >= 4 is 29.0 Å². The zero-order valence-corrected chi connectivity index (χ0v) is 20.1.